The molecule has 28 heavy (non-hydrogen) atoms. The van der Waals surface area contributed by atoms with Gasteiger partial charge in [-0.25, -0.2) is 9.07 Å². The molecule has 0 saturated heterocycles. The van der Waals surface area contributed by atoms with Crippen LogP contribution in [0.1, 0.15) is 21.6 Å². The summed E-state index contributed by atoms with van der Waals surface area (Å²) in [5, 5.41) is 6.52. The molecule has 0 fully saturated rings. The van der Waals surface area contributed by atoms with Gasteiger partial charge in [0.25, 0.3) is 5.91 Å². The van der Waals surface area contributed by atoms with E-state index < -0.39 is 23.5 Å². The number of carbonyl (C=O) groups excluding carboxylic acids is 1. The number of methoxy groups -OCH3 is 1. The zero-order valence-electron chi connectivity index (χ0n) is 14.8. The van der Waals surface area contributed by atoms with Gasteiger partial charge in [-0.1, -0.05) is 12.1 Å². The van der Waals surface area contributed by atoms with Gasteiger partial charge in [-0.05, 0) is 42.8 Å². The van der Waals surface area contributed by atoms with Gasteiger partial charge < -0.3 is 10.1 Å². The van der Waals surface area contributed by atoms with Gasteiger partial charge in [-0.2, -0.15) is 18.3 Å². The summed E-state index contributed by atoms with van der Waals surface area (Å²) in [5.41, 5.74) is -0.261. The molecule has 1 N–H and O–H groups in total. The molecule has 0 aliphatic rings. The first kappa shape index (κ1) is 19.4. The van der Waals surface area contributed by atoms with Gasteiger partial charge >= 0.3 is 6.18 Å². The minimum absolute atomic E-state index is 0.0579. The fourth-order valence-corrected chi connectivity index (χ4v) is 2.48. The maximum atomic E-state index is 13.6. The molecule has 0 aliphatic carbocycles. The Balaban J connectivity index is 1.92. The zero-order chi connectivity index (χ0) is 20.5. The molecule has 1 aromatic heterocycles. The number of halogens is 4. The van der Waals surface area contributed by atoms with E-state index in [0.29, 0.717) is 5.56 Å². The van der Waals surface area contributed by atoms with Crippen LogP contribution < -0.4 is 10.1 Å². The van der Waals surface area contributed by atoms with Crippen LogP contribution in [0.4, 0.5) is 23.2 Å². The Labute approximate surface area is 157 Å². The number of nitrogens with one attached hydrogen (secondary N) is 1. The van der Waals surface area contributed by atoms with Crippen molar-refractivity contribution in [1.82, 2.24) is 9.78 Å². The van der Waals surface area contributed by atoms with E-state index in [1.807, 2.05) is 0 Å². The third kappa shape index (κ3) is 3.98. The minimum Gasteiger partial charge on any atom is -0.493 e. The molecular formula is C19H15F4N3O2. The molecule has 5 nitrogen and oxygen atoms in total. The molecule has 0 atom stereocenters. The summed E-state index contributed by atoms with van der Waals surface area (Å²) in [5.74, 6) is -1.12. The summed E-state index contributed by atoms with van der Waals surface area (Å²) in [6.45, 7) is 1.58. The number of rotatable bonds is 4. The monoisotopic (exact) mass is 393 g/mol. The SMILES string of the molecule is COc1cn(-c2cccc(C(F)(F)F)c2)nc1C(=O)Nc1ccc(C)c(F)c1. The largest absolute Gasteiger partial charge is 0.493 e. The second kappa shape index (κ2) is 7.34. The Morgan fingerprint density at radius 2 is 1.93 bits per heavy atom. The van der Waals surface area contributed by atoms with Gasteiger partial charge in [-0.3, -0.25) is 4.79 Å². The fraction of sp³-hybridized carbons (Fsp3) is 0.158. The first-order chi connectivity index (χ1) is 13.2. The van der Waals surface area contributed by atoms with Crippen LogP contribution in [0.3, 0.4) is 0 Å². The highest BCUT2D eigenvalue weighted by atomic mass is 19.4. The molecule has 0 spiro atoms. The number of amides is 1. The number of carbonyl (C=O) groups is 1. The van der Waals surface area contributed by atoms with Crippen LogP contribution in [0.25, 0.3) is 5.69 Å². The van der Waals surface area contributed by atoms with Crippen molar-refractivity contribution in [2.45, 2.75) is 13.1 Å². The molecule has 3 aromatic rings. The zero-order valence-corrected chi connectivity index (χ0v) is 14.8. The van der Waals surface area contributed by atoms with Crippen LogP contribution in [0, 0.1) is 12.7 Å². The molecule has 0 bridgehead atoms. The summed E-state index contributed by atoms with van der Waals surface area (Å²) < 4.78 is 58.6. The number of alkyl halides is 3. The second-order valence-electron chi connectivity index (χ2n) is 5.96. The van der Waals surface area contributed by atoms with Gasteiger partial charge in [0.05, 0.1) is 24.6 Å². The van der Waals surface area contributed by atoms with Gasteiger partial charge in [0.1, 0.15) is 5.82 Å². The highest BCUT2D eigenvalue weighted by molar-refractivity contribution is 6.04. The lowest BCUT2D eigenvalue weighted by atomic mass is 10.2. The molecule has 0 unspecified atom stereocenters. The smallest absolute Gasteiger partial charge is 0.416 e. The molecule has 2 aromatic carbocycles. The van der Waals surface area contributed by atoms with Crippen LogP contribution >= 0.6 is 0 Å². The Kier molecular flexibility index (Phi) is 5.08. The van der Waals surface area contributed by atoms with Gasteiger partial charge in [-0.15, -0.1) is 0 Å². The van der Waals surface area contributed by atoms with E-state index in [2.05, 4.69) is 10.4 Å². The quantitative estimate of drug-likeness (QED) is 0.659. The van der Waals surface area contributed by atoms with Gasteiger partial charge in [0.2, 0.25) is 0 Å². The van der Waals surface area contributed by atoms with E-state index >= 15 is 0 Å². The molecule has 9 heteroatoms. The second-order valence-corrected chi connectivity index (χ2v) is 5.96. The Bertz CT molecular complexity index is 1030. The number of benzene rings is 2. The first-order valence-corrected chi connectivity index (χ1v) is 8.08. The summed E-state index contributed by atoms with van der Waals surface area (Å²) in [7, 11) is 1.30. The Morgan fingerprint density at radius 3 is 2.57 bits per heavy atom. The average molecular weight is 393 g/mol. The van der Waals surface area contributed by atoms with Gasteiger partial charge in [0, 0.05) is 5.69 Å². The topological polar surface area (TPSA) is 56.2 Å². The number of ether oxygens (including phenoxy) is 1. The lowest BCUT2D eigenvalue weighted by Gasteiger charge is -2.08. The number of nitrogens with zero attached hydrogens (tertiary/aromatic N) is 2. The van der Waals surface area contributed by atoms with Crippen LogP contribution in [0.2, 0.25) is 0 Å². The molecule has 1 amide bonds. The van der Waals surface area contributed by atoms with Crippen molar-refractivity contribution in [3.05, 3.63) is 71.3 Å². The number of aryl methyl sites for hydroxylation is 1. The molecule has 3 rings (SSSR count). The number of hydrogen-bond donors (Lipinski definition) is 1. The lowest BCUT2D eigenvalue weighted by Crippen LogP contribution is -2.14. The average Bonchev–Trinajstić information content (AvgIpc) is 3.09. The predicted molar refractivity (Wildman–Crippen MR) is 94.2 cm³/mol. The van der Waals surface area contributed by atoms with E-state index in [9.17, 15) is 22.4 Å². The summed E-state index contributed by atoms with van der Waals surface area (Å²) in [6, 6.07) is 8.67. The van der Waals surface area contributed by atoms with Crippen molar-refractivity contribution in [2.75, 3.05) is 12.4 Å². The number of aromatic nitrogens is 2. The summed E-state index contributed by atoms with van der Waals surface area (Å²) in [6.07, 6.45) is -3.22. The van der Waals surface area contributed by atoms with Crippen LogP contribution in [-0.2, 0) is 6.18 Å². The van der Waals surface area contributed by atoms with E-state index in [0.717, 1.165) is 22.9 Å². The summed E-state index contributed by atoms with van der Waals surface area (Å²) >= 11 is 0. The molecular weight excluding hydrogens is 378 g/mol. The van der Waals surface area contributed by atoms with Gasteiger partial charge in [0.15, 0.2) is 11.4 Å². The van der Waals surface area contributed by atoms with Crippen LogP contribution in [0.15, 0.2) is 48.7 Å². The van der Waals surface area contributed by atoms with Crippen molar-refractivity contribution in [1.29, 1.82) is 0 Å². The van der Waals surface area contributed by atoms with E-state index in [1.54, 1.807) is 6.92 Å². The lowest BCUT2D eigenvalue weighted by molar-refractivity contribution is -0.137. The Hall–Kier alpha value is -3.36. The molecule has 0 saturated carbocycles. The van der Waals surface area contributed by atoms with Crippen molar-refractivity contribution in [3.63, 3.8) is 0 Å². The molecule has 1 heterocycles. The van der Waals surface area contributed by atoms with Crippen LogP contribution in [-0.4, -0.2) is 22.8 Å². The van der Waals surface area contributed by atoms with Crippen molar-refractivity contribution in [2.24, 2.45) is 0 Å². The maximum absolute atomic E-state index is 13.6. The van der Waals surface area contributed by atoms with E-state index in [-0.39, 0.29) is 22.8 Å². The Morgan fingerprint density at radius 1 is 1.18 bits per heavy atom. The highest BCUT2D eigenvalue weighted by Gasteiger charge is 2.30. The first-order valence-electron chi connectivity index (χ1n) is 8.08. The fourth-order valence-electron chi connectivity index (χ4n) is 2.48. The summed E-state index contributed by atoms with van der Waals surface area (Å²) in [4.78, 5) is 12.5. The highest BCUT2D eigenvalue weighted by Crippen LogP contribution is 2.31. The third-order valence-corrected chi connectivity index (χ3v) is 3.98. The molecule has 146 valence electrons. The van der Waals surface area contributed by atoms with Crippen molar-refractivity contribution in [3.8, 4) is 11.4 Å². The number of anilines is 1. The van der Waals surface area contributed by atoms with E-state index in [1.165, 1.54) is 37.6 Å². The maximum Gasteiger partial charge on any atom is 0.416 e. The molecule has 0 radical (unpaired) electrons. The van der Waals surface area contributed by atoms with Crippen LogP contribution in [0.5, 0.6) is 5.75 Å². The van der Waals surface area contributed by atoms with Crippen molar-refractivity contribution >= 4 is 11.6 Å². The standard InChI is InChI=1S/C19H15F4N3O2/c1-11-6-7-13(9-15(11)20)24-18(27)17-16(28-2)10-26(25-17)14-5-3-4-12(8-14)19(21,22)23/h3-10H,1-2H3,(H,24,27). The molecule has 0 aliphatic heterocycles. The number of hydrogen-bond acceptors (Lipinski definition) is 3. The van der Waals surface area contributed by atoms with E-state index in [4.69, 9.17) is 4.74 Å². The normalized spacial score (nSPS) is 11.4. The predicted octanol–water partition coefficient (Wildman–Crippen LogP) is 4.60. The minimum atomic E-state index is -4.51. The third-order valence-electron chi connectivity index (χ3n) is 3.98. The van der Waals surface area contributed by atoms with Crippen molar-refractivity contribution < 1.29 is 27.1 Å².